The average Bonchev–Trinajstić information content (AvgIpc) is 2.48. The van der Waals surface area contributed by atoms with Gasteiger partial charge in [0, 0.05) is 43.8 Å². The largest absolute Gasteiger partial charge is 0.381 e. The second-order valence-corrected chi connectivity index (χ2v) is 6.13. The Morgan fingerprint density at radius 2 is 1.95 bits per heavy atom. The molecule has 2 amide bonds. The number of hydrogen-bond acceptors (Lipinski definition) is 3. The number of nitrogens with one attached hydrogen (secondary N) is 1. The van der Waals surface area contributed by atoms with Gasteiger partial charge in [-0.1, -0.05) is 12.1 Å². The van der Waals surface area contributed by atoms with Gasteiger partial charge in [0.05, 0.1) is 0 Å². The second kappa shape index (κ2) is 6.88. The van der Waals surface area contributed by atoms with Crippen LogP contribution in [0.2, 0.25) is 0 Å². The van der Waals surface area contributed by atoms with Crippen molar-refractivity contribution in [3.8, 4) is 0 Å². The van der Waals surface area contributed by atoms with E-state index in [0.717, 1.165) is 25.9 Å². The molecule has 0 aromatic heterocycles. The van der Waals surface area contributed by atoms with Crippen molar-refractivity contribution in [2.45, 2.75) is 23.8 Å². The maximum atomic E-state index is 11.9. The fourth-order valence-electron chi connectivity index (χ4n) is 2.48. The fourth-order valence-corrected chi connectivity index (χ4v) is 3.04. The van der Waals surface area contributed by atoms with Crippen molar-refractivity contribution < 1.29 is 4.79 Å². The fraction of sp³-hybridized carbons (Fsp3) is 0.533. The third kappa shape index (κ3) is 3.60. The van der Waals surface area contributed by atoms with E-state index in [1.807, 2.05) is 4.90 Å². The van der Waals surface area contributed by atoms with Gasteiger partial charge in [-0.3, -0.25) is 0 Å². The zero-order valence-corrected chi connectivity index (χ0v) is 13.2. The van der Waals surface area contributed by atoms with Crippen LogP contribution in [0.1, 0.15) is 12.8 Å². The molecule has 0 radical (unpaired) electrons. The maximum Gasteiger partial charge on any atom is 0.319 e. The number of hydrogen-bond donors (Lipinski definition) is 1. The molecule has 0 bridgehead atoms. The lowest BCUT2D eigenvalue weighted by Crippen LogP contribution is -2.46. The average molecular weight is 293 g/mol. The van der Waals surface area contributed by atoms with Crippen LogP contribution in [0.5, 0.6) is 0 Å². The van der Waals surface area contributed by atoms with Gasteiger partial charge in [0.15, 0.2) is 0 Å². The Hall–Kier alpha value is -1.36. The molecule has 0 spiro atoms. The van der Waals surface area contributed by atoms with E-state index in [1.165, 1.54) is 10.6 Å². The highest BCUT2D eigenvalue weighted by Gasteiger charge is 2.23. The van der Waals surface area contributed by atoms with Crippen LogP contribution in [0.25, 0.3) is 0 Å². The summed E-state index contributed by atoms with van der Waals surface area (Å²) in [5.41, 5.74) is 1.21. The minimum Gasteiger partial charge on any atom is -0.381 e. The Kier molecular flexibility index (Phi) is 5.17. The van der Waals surface area contributed by atoms with Crippen molar-refractivity contribution >= 4 is 23.5 Å². The van der Waals surface area contributed by atoms with Crippen molar-refractivity contribution in [3.63, 3.8) is 0 Å². The van der Waals surface area contributed by atoms with Crippen molar-refractivity contribution in [2.75, 3.05) is 38.8 Å². The molecule has 1 N–H and O–H groups in total. The minimum atomic E-state index is 0.118. The number of urea groups is 1. The zero-order chi connectivity index (χ0) is 14.5. The highest BCUT2D eigenvalue weighted by Crippen LogP contribution is 2.27. The number of nitrogens with zero attached hydrogens (tertiary/aromatic N) is 2. The summed E-state index contributed by atoms with van der Waals surface area (Å²) < 4.78 is 0. The summed E-state index contributed by atoms with van der Waals surface area (Å²) in [4.78, 5) is 16.7. The molecule has 20 heavy (non-hydrogen) atoms. The molecule has 1 aromatic rings. The molecular weight excluding hydrogens is 270 g/mol. The third-order valence-electron chi connectivity index (χ3n) is 3.61. The number of amides is 2. The van der Waals surface area contributed by atoms with E-state index in [9.17, 15) is 4.79 Å². The lowest BCUT2D eigenvalue weighted by atomic mass is 10.0. The number of carbonyl (C=O) groups excluding carboxylic acids is 1. The Morgan fingerprint density at radius 3 is 2.55 bits per heavy atom. The van der Waals surface area contributed by atoms with Crippen molar-refractivity contribution in [1.29, 1.82) is 0 Å². The molecule has 110 valence electrons. The summed E-state index contributed by atoms with van der Waals surface area (Å²) >= 11 is 1.76. The lowest BCUT2D eigenvalue weighted by Gasteiger charge is -2.34. The number of likely N-dealkylation sites (tertiary alicyclic amines) is 1. The van der Waals surface area contributed by atoms with Crippen LogP contribution in [-0.2, 0) is 0 Å². The molecule has 1 fully saturated rings. The van der Waals surface area contributed by atoms with Gasteiger partial charge < -0.3 is 15.1 Å². The number of para-hydroxylation sites is 1. The van der Waals surface area contributed by atoms with Gasteiger partial charge in [-0.2, -0.15) is 0 Å². The monoisotopic (exact) mass is 293 g/mol. The number of carbonyl (C=O) groups is 1. The van der Waals surface area contributed by atoms with Crippen molar-refractivity contribution in [2.24, 2.45) is 0 Å². The predicted octanol–water partition coefficient (Wildman–Crippen LogP) is 2.97. The Bertz CT molecular complexity index is 456. The highest BCUT2D eigenvalue weighted by molar-refractivity contribution is 7.98. The zero-order valence-electron chi connectivity index (χ0n) is 12.4. The van der Waals surface area contributed by atoms with Gasteiger partial charge in [0.1, 0.15) is 0 Å². The molecule has 1 aromatic carbocycles. The van der Waals surface area contributed by atoms with Crippen LogP contribution >= 0.6 is 11.8 Å². The van der Waals surface area contributed by atoms with E-state index < -0.39 is 0 Å². The summed E-state index contributed by atoms with van der Waals surface area (Å²) in [5.74, 6) is 0. The SMILES string of the molecule is CSc1ccccc1NC1CCN(C(=O)N(C)C)CC1. The van der Waals surface area contributed by atoms with Gasteiger partial charge >= 0.3 is 6.03 Å². The first kappa shape index (κ1) is 15.0. The number of rotatable bonds is 3. The molecule has 0 unspecified atom stereocenters. The van der Waals surface area contributed by atoms with E-state index in [4.69, 9.17) is 0 Å². The molecule has 1 saturated heterocycles. The quantitative estimate of drug-likeness (QED) is 0.870. The predicted molar refractivity (Wildman–Crippen MR) is 85.5 cm³/mol. The topological polar surface area (TPSA) is 35.6 Å². The maximum absolute atomic E-state index is 11.9. The van der Waals surface area contributed by atoms with E-state index in [2.05, 4.69) is 35.8 Å². The standard InChI is InChI=1S/C15H23N3OS/c1-17(2)15(19)18-10-8-12(9-11-18)16-13-6-4-5-7-14(13)20-3/h4-7,12,16H,8-11H2,1-3H3. The Balaban J connectivity index is 1.90. The van der Waals surface area contributed by atoms with Crippen LogP contribution in [0.4, 0.5) is 10.5 Å². The normalized spacial score (nSPS) is 16.1. The first-order chi connectivity index (χ1) is 9.61. The van der Waals surface area contributed by atoms with E-state index in [0.29, 0.717) is 6.04 Å². The first-order valence-electron chi connectivity index (χ1n) is 6.97. The summed E-state index contributed by atoms with van der Waals surface area (Å²) in [7, 11) is 3.61. The van der Waals surface area contributed by atoms with Crippen molar-refractivity contribution in [3.05, 3.63) is 24.3 Å². The molecule has 4 nitrogen and oxygen atoms in total. The number of thioether (sulfide) groups is 1. The molecule has 0 saturated carbocycles. The minimum absolute atomic E-state index is 0.118. The van der Waals surface area contributed by atoms with Gasteiger partial charge in [-0.15, -0.1) is 11.8 Å². The highest BCUT2D eigenvalue weighted by atomic mass is 32.2. The van der Waals surface area contributed by atoms with E-state index >= 15 is 0 Å². The summed E-state index contributed by atoms with van der Waals surface area (Å²) in [6.07, 6.45) is 4.10. The van der Waals surface area contributed by atoms with E-state index in [1.54, 1.807) is 30.8 Å². The summed E-state index contributed by atoms with van der Waals surface area (Å²) in [5, 5.41) is 3.62. The first-order valence-corrected chi connectivity index (χ1v) is 8.20. The molecule has 0 aliphatic carbocycles. The molecular formula is C15H23N3OS. The molecule has 1 aliphatic heterocycles. The second-order valence-electron chi connectivity index (χ2n) is 5.28. The molecule has 0 atom stereocenters. The summed E-state index contributed by atoms with van der Waals surface area (Å²) in [6.45, 7) is 1.66. The molecule has 1 heterocycles. The van der Waals surface area contributed by atoms with Crippen molar-refractivity contribution in [1.82, 2.24) is 9.80 Å². The lowest BCUT2D eigenvalue weighted by molar-refractivity contribution is 0.158. The smallest absolute Gasteiger partial charge is 0.319 e. The van der Waals surface area contributed by atoms with Crippen LogP contribution < -0.4 is 5.32 Å². The van der Waals surface area contributed by atoms with Gasteiger partial charge in [0.2, 0.25) is 0 Å². The third-order valence-corrected chi connectivity index (χ3v) is 4.41. The summed E-state index contributed by atoms with van der Waals surface area (Å²) in [6, 6.07) is 8.96. The number of benzene rings is 1. The van der Waals surface area contributed by atoms with E-state index in [-0.39, 0.29) is 6.03 Å². The van der Waals surface area contributed by atoms with Gasteiger partial charge in [-0.05, 0) is 31.2 Å². The van der Waals surface area contributed by atoms with Gasteiger partial charge in [0.25, 0.3) is 0 Å². The Morgan fingerprint density at radius 1 is 1.30 bits per heavy atom. The molecule has 5 heteroatoms. The van der Waals surface area contributed by atoms with Crippen LogP contribution in [-0.4, -0.2) is 55.3 Å². The van der Waals surface area contributed by atoms with Crippen LogP contribution in [0.3, 0.4) is 0 Å². The number of anilines is 1. The molecule has 2 rings (SSSR count). The van der Waals surface area contributed by atoms with Crippen LogP contribution in [0, 0.1) is 0 Å². The number of piperidine rings is 1. The molecule has 1 aliphatic rings. The van der Waals surface area contributed by atoms with Gasteiger partial charge in [-0.25, -0.2) is 4.79 Å². The van der Waals surface area contributed by atoms with Crippen LogP contribution in [0.15, 0.2) is 29.2 Å². The Labute approximate surface area is 125 Å².